The lowest BCUT2D eigenvalue weighted by molar-refractivity contribution is -0.0440. The van der Waals surface area contributed by atoms with Crippen molar-refractivity contribution in [3.63, 3.8) is 0 Å². The maximum absolute atomic E-state index is 13.0. The molecular formula is C19H32ClN3O4S. The first-order valence-electron chi connectivity index (χ1n) is 9.54. The van der Waals surface area contributed by atoms with Crippen LogP contribution in [0.2, 0.25) is 0 Å². The van der Waals surface area contributed by atoms with E-state index in [0.717, 1.165) is 19.3 Å². The highest BCUT2D eigenvalue weighted by atomic mass is 35.5. The van der Waals surface area contributed by atoms with Gasteiger partial charge in [0.2, 0.25) is 10.0 Å². The predicted molar refractivity (Wildman–Crippen MR) is 112 cm³/mol. The van der Waals surface area contributed by atoms with E-state index in [1.807, 2.05) is 13.8 Å². The molecule has 1 fully saturated rings. The van der Waals surface area contributed by atoms with Gasteiger partial charge in [0.05, 0.1) is 17.1 Å². The lowest BCUT2D eigenvalue weighted by Crippen LogP contribution is -2.48. The van der Waals surface area contributed by atoms with Crippen LogP contribution in [0.25, 0.3) is 0 Å². The first-order chi connectivity index (χ1) is 12.8. The number of rotatable bonds is 8. The maximum Gasteiger partial charge on any atom is 0.251 e. The summed E-state index contributed by atoms with van der Waals surface area (Å²) < 4.78 is 33.0. The van der Waals surface area contributed by atoms with Crippen LogP contribution in [-0.4, -0.2) is 56.5 Å². The van der Waals surface area contributed by atoms with Crippen LogP contribution in [0.3, 0.4) is 0 Å². The van der Waals surface area contributed by atoms with Crippen LogP contribution in [-0.2, 0) is 14.8 Å². The van der Waals surface area contributed by atoms with Gasteiger partial charge in [-0.15, -0.1) is 12.4 Å². The topological polar surface area (TPSA) is 102 Å². The van der Waals surface area contributed by atoms with Crippen molar-refractivity contribution in [3.05, 3.63) is 29.8 Å². The van der Waals surface area contributed by atoms with Gasteiger partial charge in [-0.3, -0.25) is 4.79 Å². The van der Waals surface area contributed by atoms with E-state index in [4.69, 9.17) is 10.5 Å². The third-order valence-corrected chi connectivity index (χ3v) is 6.47. The van der Waals surface area contributed by atoms with Gasteiger partial charge in [0.1, 0.15) is 0 Å². The molecule has 3 atom stereocenters. The number of ether oxygens (including phenoxy) is 1. The number of hydrogen-bond donors (Lipinski definition) is 2. The summed E-state index contributed by atoms with van der Waals surface area (Å²) in [5, 5.41) is 2.90. The van der Waals surface area contributed by atoms with Crippen molar-refractivity contribution in [2.24, 2.45) is 5.73 Å². The number of carbonyl (C=O) groups is 1. The second-order valence-corrected chi connectivity index (χ2v) is 9.09. The van der Waals surface area contributed by atoms with Gasteiger partial charge in [0.15, 0.2) is 0 Å². The number of benzene rings is 1. The molecule has 1 saturated heterocycles. The number of morpholine rings is 1. The third-order valence-electron chi connectivity index (χ3n) is 4.65. The zero-order valence-corrected chi connectivity index (χ0v) is 18.4. The van der Waals surface area contributed by atoms with Gasteiger partial charge in [-0.25, -0.2) is 8.42 Å². The van der Waals surface area contributed by atoms with Gasteiger partial charge >= 0.3 is 0 Å². The van der Waals surface area contributed by atoms with Gasteiger partial charge in [-0.05, 0) is 38.5 Å². The minimum absolute atomic E-state index is 0. The average molecular weight is 434 g/mol. The summed E-state index contributed by atoms with van der Waals surface area (Å²) in [6.45, 7) is 6.74. The van der Waals surface area contributed by atoms with Crippen molar-refractivity contribution < 1.29 is 17.9 Å². The molecule has 0 saturated carbocycles. The summed E-state index contributed by atoms with van der Waals surface area (Å²) in [4.78, 5) is 12.7. The average Bonchev–Trinajstić information content (AvgIpc) is 2.64. The van der Waals surface area contributed by atoms with E-state index in [0.29, 0.717) is 25.2 Å². The molecule has 0 bridgehead atoms. The number of unbranched alkanes of at least 4 members (excludes halogenated alkanes) is 1. The van der Waals surface area contributed by atoms with Gasteiger partial charge in [-0.1, -0.05) is 25.8 Å². The summed E-state index contributed by atoms with van der Waals surface area (Å²) in [6, 6.07) is 6.06. The Kier molecular flexibility index (Phi) is 9.86. The number of nitrogens with one attached hydrogen (secondary N) is 1. The molecule has 1 aliphatic rings. The first-order valence-corrected chi connectivity index (χ1v) is 11.0. The maximum atomic E-state index is 13.0. The molecule has 1 aromatic rings. The second kappa shape index (κ2) is 11.1. The molecule has 1 aliphatic heterocycles. The van der Waals surface area contributed by atoms with E-state index in [1.165, 1.54) is 16.4 Å². The van der Waals surface area contributed by atoms with Crippen molar-refractivity contribution in [2.75, 3.05) is 19.6 Å². The largest absolute Gasteiger partial charge is 0.373 e. The highest BCUT2D eigenvalue weighted by Gasteiger charge is 2.32. The van der Waals surface area contributed by atoms with E-state index < -0.39 is 10.0 Å². The summed E-state index contributed by atoms with van der Waals surface area (Å²) in [6.07, 6.45) is 2.47. The molecule has 1 aromatic carbocycles. The van der Waals surface area contributed by atoms with Crippen molar-refractivity contribution >= 4 is 28.3 Å². The predicted octanol–water partition coefficient (Wildman–Crippen LogP) is 2.15. The van der Waals surface area contributed by atoms with E-state index in [-0.39, 0.29) is 41.5 Å². The summed E-state index contributed by atoms with van der Waals surface area (Å²) in [7, 11) is -3.68. The van der Waals surface area contributed by atoms with E-state index in [2.05, 4.69) is 12.2 Å². The fraction of sp³-hybridized carbons (Fsp3) is 0.632. The van der Waals surface area contributed by atoms with Crippen LogP contribution < -0.4 is 11.1 Å². The Morgan fingerprint density at radius 1 is 1.32 bits per heavy atom. The molecule has 2 rings (SSSR count). The molecule has 3 unspecified atom stereocenters. The number of nitrogens with zero attached hydrogens (tertiary/aromatic N) is 1. The number of halogens is 1. The Bertz CT molecular complexity index is 734. The van der Waals surface area contributed by atoms with E-state index >= 15 is 0 Å². The van der Waals surface area contributed by atoms with Crippen LogP contribution in [0.1, 0.15) is 50.4 Å². The van der Waals surface area contributed by atoms with Crippen LogP contribution in [0.15, 0.2) is 29.2 Å². The minimum atomic E-state index is -3.68. The zero-order chi connectivity index (χ0) is 20.0. The lowest BCUT2D eigenvalue weighted by Gasteiger charge is -2.34. The fourth-order valence-electron chi connectivity index (χ4n) is 3.24. The SMILES string of the molecule is CCCCC(CN)NC(=O)c1cccc(S(=O)(=O)N2CC(C)OC(C)C2)c1.Cl. The molecule has 9 heteroatoms. The number of sulfonamides is 1. The molecule has 7 nitrogen and oxygen atoms in total. The Morgan fingerprint density at radius 2 is 1.96 bits per heavy atom. The summed E-state index contributed by atoms with van der Waals surface area (Å²) in [5.74, 6) is -0.303. The molecule has 160 valence electrons. The van der Waals surface area contributed by atoms with Crippen LogP contribution >= 0.6 is 12.4 Å². The smallest absolute Gasteiger partial charge is 0.251 e. The van der Waals surface area contributed by atoms with Crippen LogP contribution in [0, 0.1) is 0 Å². The van der Waals surface area contributed by atoms with Crippen molar-refractivity contribution in [1.29, 1.82) is 0 Å². The van der Waals surface area contributed by atoms with Gasteiger partial charge in [-0.2, -0.15) is 4.31 Å². The highest BCUT2D eigenvalue weighted by molar-refractivity contribution is 7.89. The van der Waals surface area contributed by atoms with Crippen molar-refractivity contribution in [3.8, 4) is 0 Å². The summed E-state index contributed by atoms with van der Waals surface area (Å²) in [5.41, 5.74) is 6.05. The Labute approximate surface area is 174 Å². The molecule has 1 amide bonds. The lowest BCUT2D eigenvalue weighted by atomic mass is 10.1. The molecule has 3 N–H and O–H groups in total. The molecule has 0 aliphatic carbocycles. The first kappa shape index (κ1) is 24.8. The molecule has 0 spiro atoms. The molecule has 1 heterocycles. The minimum Gasteiger partial charge on any atom is -0.373 e. The Balaban J connectivity index is 0.00000392. The summed E-state index contributed by atoms with van der Waals surface area (Å²) >= 11 is 0. The van der Waals surface area contributed by atoms with Crippen LogP contribution in [0.5, 0.6) is 0 Å². The third kappa shape index (κ3) is 6.42. The van der Waals surface area contributed by atoms with E-state index in [9.17, 15) is 13.2 Å². The second-order valence-electron chi connectivity index (χ2n) is 7.16. The quantitative estimate of drug-likeness (QED) is 0.654. The van der Waals surface area contributed by atoms with E-state index in [1.54, 1.807) is 12.1 Å². The molecule has 0 aromatic heterocycles. The van der Waals surface area contributed by atoms with Crippen molar-refractivity contribution in [1.82, 2.24) is 9.62 Å². The van der Waals surface area contributed by atoms with Crippen molar-refractivity contribution in [2.45, 2.75) is 63.2 Å². The standard InChI is InChI=1S/C19H31N3O4S.ClH/c1-4-5-8-17(11-20)21-19(23)16-7-6-9-18(10-16)27(24,25)22-12-14(2)26-15(3)13-22;/h6-7,9-10,14-15,17H,4-5,8,11-13,20H2,1-3H3,(H,21,23);1H. The Hall–Kier alpha value is -1.19. The number of nitrogens with two attached hydrogens (primary N) is 1. The molecule has 0 radical (unpaired) electrons. The molecule has 28 heavy (non-hydrogen) atoms. The Morgan fingerprint density at radius 3 is 2.54 bits per heavy atom. The molecular weight excluding hydrogens is 402 g/mol. The highest BCUT2D eigenvalue weighted by Crippen LogP contribution is 2.22. The number of amides is 1. The fourth-order valence-corrected chi connectivity index (χ4v) is 4.88. The zero-order valence-electron chi connectivity index (χ0n) is 16.8. The number of hydrogen-bond acceptors (Lipinski definition) is 5. The van der Waals surface area contributed by atoms with Gasteiger partial charge < -0.3 is 15.8 Å². The van der Waals surface area contributed by atoms with Crippen LogP contribution in [0.4, 0.5) is 0 Å². The van der Waals surface area contributed by atoms with Gasteiger partial charge in [0.25, 0.3) is 5.91 Å². The van der Waals surface area contributed by atoms with Gasteiger partial charge in [0, 0.05) is 31.2 Å². The monoisotopic (exact) mass is 433 g/mol. The number of carbonyl (C=O) groups excluding carboxylic acids is 1. The normalized spacial score (nSPS) is 21.6.